The van der Waals surface area contributed by atoms with Gasteiger partial charge in [0.2, 0.25) is 5.91 Å². The number of hydrogen-bond donors (Lipinski definition) is 2. The number of methoxy groups -OCH3 is 1. The van der Waals surface area contributed by atoms with Crippen molar-refractivity contribution in [2.45, 2.75) is 31.7 Å². The zero-order valence-electron chi connectivity index (χ0n) is 10.9. The molecule has 0 aromatic heterocycles. The monoisotopic (exact) mass is 258 g/mol. The lowest BCUT2D eigenvalue weighted by atomic mass is 10.3. The van der Waals surface area contributed by atoms with Gasteiger partial charge in [0, 0.05) is 32.8 Å². The molecule has 0 aliphatic heterocycles. The number of carboxylic acid groups (broad SMARTS) is 1. The van der Waals surface area contributed by atoms with Gasteiger partial charge in [-0.1, -0.05) is 0 Å². The summed E-state index contributed by atoms with van der Waals surface area (Å²) in [5.41, 5.74) is 0. The maximum atomic E-state index is 11.7. The van der Waals surface area contributed by atoms with Crippen molar-refractivity contribution in [1.29, 1.82) is 0 Å². The van der Waals surface area contributed by atoms with E-state index >= 15 is 0 Å². The van der Waals surface area contributed by atoms with Crippen molar-refractivity contribution in [2.24, 2.45) is 0 Å². The molecule has 0 saturated heterocycles. The summed E-state index contributed by atoms with van der Waals surface area (Å²) in [7, 11) is 1.63. The fraction of sp³-hybridized carbons (Fsp3) is 0.833. The van der Waals surface area contributed by atoms with E-state index in [2.05, 4.69) is 5.32 Å². The summed E-state index contributed by atoms with van der Waals surface area (Å²) >= 11 is 0. The molecule has 1 rings (SSSR count). The number of nitrogens with one attached hydrogen (secondary N) is 1. The Balaban J connectivity index is 2.18. The van der Waals surface area contributed by atoms with E-state index in [-0.39, 0.29) is 12.3 Å². The van der Waals surface area contributed by atoms with Crippen molar-refractivity contribution in [1.82, 2.24) is 10.2 Å². The lowest BCUT2D eigenvalue weighted by Crippen LogP contribution is -2.39. The smallest absolute Gasteiger partial charge is 0.304 e. The van der Waals surface area contributed by atoms with E-state index in [1.54, 1.807) is 7.11 Å². The van der Waals surface area contributed by atoms with E-state index in [1.165, 1.54) is 0 Å². The Hall–Kier alpha value is -1.14. The van der Waals surface area contributed by atoms with E-state index < -0.39 is 5.97 Å². The second-order valence-corrected chi connectivity index (χ2v) is 4.54. The van der Waals surface area contributed by atoms with Gasteiger partial charge >= 0.3 is 5.97 Å². The molecule has 1 aliphatic rings. The molecule has 0 atom stereocenters. The van der Waals surface area contributed by atoms with Gasteiger partial charge in [0.1, 0.15) is 0 Å². The van der Waals surface area contributed by atoms with Crippen LogP contribution in [-0.4, -0.2) is 61.3 Å². The number of hydrogen-bond acceptors (Lipinski definition) is 4. The van der Waals surface area contributed by atoms with Crippen LogP contribution in [0.15, 0.2) is 0 Å². The molecule has 104 valence electrons. The molecule has 1 saturated carbocycles. The summed E-state index contributed by atoms with van der Waals surface area (Å²) in [6, 6.07) is 0.397. The third-order valence-electron chi connectivity index (χ3n) is 2.87. The topological polar surface area (TPSA) is 78.9 Å². The molecule has 0 aromatic carbocycles. The summed E-state index contributed by atoms with van der Waals surface area (Å²) < 4.78 is 4.89. The van der Waals surface area contributed by atoms with Crippen LogP contribution in [0.25, 0.3) is 0 Å². The highest BCUT2D eigenvalue weighted by Gasteiger charge is 2.30. The molecule has 18 heavy (non-hydrogen) atoms. The summed E-state index contributed by atoms with van der Waals surface area (Å²) in [6.45, 7) is 1.98. The SMILES string of the molecule is COCCCNC(=O)CN(CCC(=O)O)C1CC1. The molecule has 6 heteroatoms. The zero-order chi connectivity index (χ0) is 13.4. The molecule has 2 N–H and O–H groups in total. The van der Waals surface area contributed by atoms with Crippen LogP contribution in [0.2, 0.25) is 0 Å². The first-order valence-electron chi connectivity index (χ1n) is 6.35. The molecular weight excluding hydrogens is 236 g/mol. The molecule has 6 nitrogen and oxygen atoms in total. The van der Waals surface area contributed by atoms with Crippen molar-refractivity contribution in [3.8, 4) is 0 Å². The lowest BCUT2D eigenvalue weighted by molar-refractivity contribution is -0.137. The molecule has 0 bridgehead atoms. The maximum Gasteiger partial charge on any atom is 0.304 e. The maximum absolute atomic E-state index is 11.7. The molecule has 0 heterocycles. The Morgan fingerprint density at radius 1 is 1.44 bits per heavy atom. The van der Waals surface area contributed by atoms with Crippen LogP contribution in [0.3, 0.4) is 0 Å². The third-order valence-corrected chi connectivity index (χ3v) is 2.87. The molecule has 0 radical (unpaired) electrons. The number of amides is 1. The van der Waals surface area contributed by atoms with Crippen LogP contribution in [0.4, 0.5) is 0 Å². The summed E-state index contributed by atoms with van der Waals surface area (Å²) in [5, 5.41) is 11.5. The Morgan fingerprint density at radius 2 is 2.17 bits per heavy atom. The van der Waals surface area contributed by atoms with Gasteiger partial charge in [-0.2, -0.15) is 0 Å². The van der Waals surface area contributed by atoms with Crippen LogP contribution >= 0.6 is 0 Å². The Bertz CT molecular complexity index is 279. The van der Waals surface area contributed by atoms with Gasteiger partial charge in [0.05, 0.1) is 13.0 Å². The minimum atomic E-state index is -0.818. The van der Waals surface area contributed by atoms with Gasteiger partial charge < -0.3 is 15.2 Å². The van der Waals surface area contributed by atoms with Crippen LogP contribution < -0.4 is 5.32 Å². The fourth-order valence-corrected chi connectivity index (χ4v) is 1.75. The van der Waals surface area contributed by atoms with E-state index in [9.17, 15) is 9.59 Å². The number of carbonyl (C=O) groups is 2. The molecule has 0 unspecified atom stereocenters. The van der Waals surface area contributed by atoms with Gasteiger partial charge in [0.15, 0.2) is 0 Å². The molecule has 1 amide bonds. The molecule has 1 aliphatic carbocycles. The quantitative estimate of drug-likeness (QED) is 0.542. The minimum absolute atomic E-state index is 0.0385. The largest absolute Gasteiger partial charge is 0.481 e. The van der Waals surface area contributed by atoms with Crippen LogP contribution in [0.5, 0.6) is 0 Å². The minimum Gasteiger partial charge on any atom is -0.481 e. The number of nitrogens with zero attached hydrogens (tertiary/aromatic N) is 1. The predicted molar refractivity (Wildman–Crippen MR) is 66.4 cm³/mol. The van der Waals surface area contributed by atoms with Crippen molar-refractivity contribution < 1.29 is 19.4 Å². The fourth-order valence-electron chi connectivity index (χ4n) is 1.75. The summed E-state index contributed by atoms with van der Waals surface area (Å²) in [6.07, 6.45) is 3.02. The predicted octanol–water partition coefficient (Wildman–Crippen LogP) is 0.0782. The van der Waals surface area contributed by atoms with E-state index in [0.29, 0.717) is 32.3 Å². The van der Waals surface area contributed by atoms with Crippen LogP contribution in [0, 0.1) is 0 Å². The normalized spacial score (nSPS) is 14.8. The van der Waals surface area contributed by atoms with Crippen molar-refractivity contribution >= 4 is 11.9 Å². The second-order valence-electron chi connectivity index (χ2n) is 4.54. The average Bonchev–Trinajstić information content (AvgIpc) is 3.14. The highest BCUT2D eigenvalue weighted by molar-refractivity contribution is 5.78. The molecule has 1 fully saturated rings. The van der Waals surface area contributed by atoms with Gasteiger partial charge in [-0.05, 0) is 19.3 Å². The zero-order valence-corrected chi connectivity index (χ0v) is 10.9. The highest BCUT2D eigenvalue weighted by Crippen LogP contribution is 2.26. The lowest BCUT2D eigenvalue weighted by Gasteiger charge is -2.20. The van der Waals surface area contributed by atoms with Gasteiger partial charge in [0.25, 0.3) is 0 Å². The Labute approximate surface area is 107 Å². The number of ether oxygens (including phenoxy) is 1. The van der Waals surface area contributed by atoms with Crippen molar-refractivity contribution in [3.05, 3.63) is 0 Å². The van der Waals surface area contributed by atoms with Crippen LogP contribution in [-0.2, 0) is 14.3 Å². The number of carboxylic acids is 1. The summed E-state index contributed by atoms with van der Waals surface area (Å²) in [4.78, 5) is 24.1. The number of rotatable bonds is 10. The van der Waals surface area contributed by atoms with Gasteiger partial charge in [-0.15, -0.1) is 0 Å². The van der Waals surface area contributed by atoms with Crippen molar-refractivity contribution in [2.75, 3.05) is 33.4 Å². The van der Waals surface area contributed by atoms with E-state index in [1.807, 2.05) is 4.90 Å². The van der Waals surface area contributed by atoms with Gasteiger partial charge in [-0.25, -0.2) is 0 Å². The Morgan fingerprint density at radius 3 is 2.72 bits per heavy atom. The first-order valence-corrected chi connectivity index (χ1v) is 6.35. The first-order chi connectivity index (χ1) is 8.63. The number of carbonyl (C=O) groups excluding carboxylic acids is 1. The second kappa shape index (κ2) is 8.05. The van der Waals surface area contributed by atoms with Gasteiger partial charge in [-0.3, -0.25) is 14.5 Å². The van der Waals surface area contributed by atoms with E-state index in [0.717, 1.165) is 19.3 Å². The highest BCUT2D eigenvalue weighted by atomic mass is 16.5. The van der Waals surface area contributed by atoms with E-state index in [4.69, 9.17) is 9.84 Å². The molecular formula is C12H22N2O4. The number of aliphatic carboxylic acids is 1. The molecule has 0 aromatic rings. The van der Waals surface area contributed by atoms with Crippen molar-refractivity contribution in [3.63, 3.8) is 0 Å². The third kappa shape index (κ3) is 6.56. The van der Waals surface area contributed by atoms with Crippen LogP contribution in [0.1, 0.15) is 25.7 Å². The molecule has 0 spiro atoms. The average molecular weight is 258 g/mol. The Kier molecular flexibility index (Phi) is 6.67. The standard InChI is InChI=1S/C12H22N2O4/c1-18-8-2-6-13-11(15)9-14(10-3-4-10)7-5-12(16)17/h10H,2-9H2,1H3,(H,13,15)(H,16,17). The first kappa shape index (κ1) is 14.9. The summed E-state index contributed by atoms with van der Waals surface area (Å²) in [5.74, 6) is -0.857.